The van der Waals surface area contributed by atoms with Crippen molar-refractivity contribution in [3.63, 3.8) is 0 Å². The summed E-state index contributed by atoms with van der Waals surface area (Å²) in [5, 5.41) is 17.0. The molecule has 1 atom stereocenters. The molecule has 0 aliphatic heterocycles. The maximum Gasteiger partial charge on any atom is 0.311 e. The largest absolute Gasteiger partial charge is 0.373 e. The Bertz CT molecular complexity index is 446. The molecule has 0 aromatic carbocycles. The van der Waals surface area contributed by atoms with Crippen LogP contribution in [0.15, 0.2) is 12.1 Å². The van der Waals surface area contributed by atoms with Gasteiger partial charge in [-0.05, 0) is 25.3 Å². The van der Waals surface area contributed by atoms with Gasteiger partial charge in [0.15, 0.2) is 0 Å². The van der Waals surface area contributed by atoms with Crippen LogP contribution in [0.2, 0.25) is 0 Å². The van der Waals surface area contributed by atoms with Gasteiger partial charge in [-0.2, -0.15) is 0 Å². The smallest absolute Gasteiger partial charge is 0.311 e. The molecule has 1 aliphatic carbocycles. The average Bonchev–Trinajstić information content (AvgIpc) is 3.12. The molecule has 0 bridgehead atoms. The standard InChI is InChI=1S/C12H18N4O2/c1-8(7-9-3-4-9)14-12-10(16(17)18)5-6-11(13-2)15-12/h5-6,8-9H,3-4,7H2,1-2H3,(H2,13,14,15). The Morgan fingerprint density at radius 1 is 1.56 bits per heavy atom. The zero-order chi connectivity index (χ0) is 13.1. The van der Waals surface area contributed by atoms with E-state index >= 15 is 0 Å². The molecule has 2 rings (SSSR count). The van der Waals surface area contributed by atoms with Crippen LogP contribution in [0.5, 0.6) is 0 Å². The van der Waals surface area contributed by atoms with Gasteiger partial charge in [0, 0.05) is 19.2 Å². The van der Waals surface area contributed by atoms with E-state index < -0.39 is 4.92 Å². The number of nitrogens with zero attached hydrogens (tertiary/aromatic N) is 2. The molecule has 1 heterocycles. The van der Waals surface area contributed by atoms with Crippen molar-refractivity contribution in [2.45, 2.75) is 32.2 Å². The molecule has 0 radical (unpaired) electrons. The molecule has 1 saturated carbocycles. The number of aromatic nitrogens is 1. The van der Waals surface area contributed by atoms with E-state index in [9.17, 15) is 10.1 Å². The summed E-state index contributed by atoms with van der Waals surface area (Å²) >= 11 is 0. The van der Waals surface area contributed by atoms with Gasteiger partial charge in [0.1, 0.15) is 5.82 Å². The van der Waals surface area contributed by atoms with Crippen molar-refractivity contribution in [1.82, 2.24) is 4.98 Å². The number of nitro groups is 1. The molecule has 1 fully saturated rings. The van der Waals surface area contributed by atoms with Crippen molar-refractivity contribution in [1.29, 1.82) is 0 Å². The summed E-state index contributed by atoms with van der Waals surface area (Å²) < 4.78 is 0. The summed E-state index contributed by atoms with van der Waals surface area (Å²) in [4.78, 5) is 14.8. The fraction of sp³-hybridized carbons (Fsp3) is 0.583. The molecule has 1 aromatic heterocycles. The molecule has 98 valence electrons. The Kier molecular flexibility index (Phi) is 3.64. The fourth-order valence-corrected chi connectivity index (χ4v) is 1.99. The van der Waals surface area contributed by atoms with E-state index in [1.165, 1.54) is 18.9 Å². The van der Waals surface area contributed by atoms with E-state index in [-0.39, 0.29) is 11.7 Å². The zero-order valence-electron chi connectivity index (χ0n) is 10.6. The quantitative estimate of drug-likeness (QED) is 0.599. The predicted molar refractivity (Wildman–Crippen MR) is 70.9 cm³/mol. The van der Waals surface area contributed by atoms with Crippen LogP contribution in [0.25, 0.3) is 0 Å². The molecular weight excluding hydrogens is 232 g/mol. The normalized spacial score (nSPS) is 16.1. The van der Waals surface area contributed by atoms with Gasteiger partial charge in [-0.25, -0.2) is 4.98 Å². The molecule has 6 heteroatoms. The van der Waals surface area contributed by atoms with Crippen molar-refractivity contribution in [2.24, 2.45) is 5.92 Å². The third kappa shape index (κ3) is 3.09. The Hall–Kier alpha value is -1.85. The topological polar surface area (TPSA) is 80.1 Å². The Morgan fingerprint density at radius 2 is 2.28 bits per heavy atom. The van der Waals surface area contributed by atoms with Gasteiger partial charge in [-0.3, -0.25) is 10.1 Å². The minimum Gasteiger partial charge on any atom is -0.373 e. The monoisotopic (exact) mass is 250 g/mol. The van der Waals surface area contributed by atoms with Crippen LogP contribution in [0.4, 0.5) is 17.3 Å². The fourth-order valence-electron chi connectivity index (χ4n) is 1.99. The maximum absolute atomic E-state index is 10.9. The summed E-state index contributed by atoms with van der Waals surface area (Å²) in [6.07, 6.45) is 3.60. The number of rotatable bonds is 6. The van der Waals surface area contributed by atoms with Crippen molar-refractivity contribution < 1.29 is 4.92 Å². The van der Waals surface area contributed by atoms with Gasteiger partial charge in [0.05, 0.1) is 4.92 Å². The highest BCUT2D eigenvalue weighted by Crippen LogP contribution is 2.34. The summed E-state index contributed by atoms with van der Waals surface area (Å²) in [6.45, 7) is 2.04. The van der Waals surface area contributed by atoms with Crippen molar-refractivity contribution in [3.8, 4) is 0 Å². The van der Waals surface area contributed by atoms with Crippen LogP contribution in [-0.2, 0) is 0 Å². The molecular formula is C12H18N4O2. The van der Waals surface area contributed by atoms with E-state index in [0.717, 1.165) is 12.3 Å². The van der Waals surface area contributed by atoms with E-state index in [1.807, 2.05) is 6.92 Å². The molecule has 0 spiro atoms. The molecule has 2 N–H and O–H groups in total. The van der Waals surface area contributed by atoms with Gasteiger partial charge in [-0.15, -0.1) is 0 Å². The Balaban J connectivity index is 2.14. The molecule has 0 saturated heterocycles. The van der Waals surface area contributed by atoms with Crippen molar-refractivity contribution >= 4 is 17.3 Å². The van der Waals surface area contributed by atoms with E-state index in [2.05, 4.69) is 15.6 Å². The molecule has 1 unspecified atom stereocenters. The first-order valence-corrected chi connectivity index (χ1v) is 6.20. The van der Waals surface area contributed by atoms with Gasteiger partial charge >= 0.3 is 5.69 Å². The molecule has 18 heavy (non-hydrogen) atoms. The lowest BCUT2D eigenvalue weighted by atomic mass is 10.1. The average molecular weight is 250 g/mol. The van der Waals surface area contributed by atoms with Gasteiger partial charge in [0.25, 0.3) is 0 Å². The van der Waals surface area contributed by atoms with E-state index in [0.29, 0.717) is 11.6 Å². The minimum atomic E-state index is -0.404. The van der Waals surface area contributed by atoms with E-state index in [1.54, 1.807) is 13.1 Å². The van der Waals surface area contributed by atoms with Crippen LogP contribution in [0.3, 0.4) is 0 Å². The number of hydrogen-bond donors (Lipinski definition) is 2. The van der Waals surface area contributed by atoms with Gasteiger partial charge < -0.3 is 10.6 Å². The van der Waals surface area contributed by atoms with Crippen LogP contribution in [-0.4, -0.2) is 23.0 Å². The second kappa shape index (κ2) is 5.20. The maximum atomic E-state index is 10.9. The van der Waals surface area contributed by atoms with E-state index in [4.69, 9.17) is 0 Å². The first kappa shape index (κ1) is 12.6. The summed E-state index contributed by atoms with van der Waals surface area (Å²) in [5.74, 6) is 1.75. The molecule has 6 nitrogen and oxygen atoms in total. The van der Waals surface area contributed by atoms with Crippen molar-refractivity contribution in [3.05, 3.63) is 22.2 Å². The highest BCUT2D eigenvalue weighted by atomic mass is 16.6. The predicted octanol–water partition coefficient (Wildman–Crippen LogP) is 2.63. The lowest BCUT2D eigenvalue weighted by Crippen LogP contribution is -2.18. The number of nitrogens with one attached hydrogen (secondary N) is 2. The van der Waals surface area contributed by atoms with Crippen LogP contribution in [0, 0.1) is 16.0 Å². The minimum absolute atomic E-state index is 0.0247. The molecule has 1 aromatic rings. The molecule has 1 aliphatic rings. The van der Waals surface area contributed by atoms with Gasteiger partial charge in [-0.1, -0.05) is 12.8 Å². The lowest BCUT2D eigenvalue weighted by Gasteiger charge is -2.14. The molecule has 0 amide bonds. The zero-order valence-corrected chi connectivity index (χ0v) is 10.6. The number of pyridine rings is 1. The van der Waals surface area contributed by atoms with Crippen LogP contribution >= 0.6 is 0 Å². The number of anilines is 2. The Labute approximate surface area is 106 Å². The third-order valence-corrected chi connectivity index (χ3v) is 3.09. The third-order valence-electron chi connectivity index (χ3n) is 3.09. The highest BCUT2D eigenvalue weighted by molar-refractivity contribution is 5.60. The van der Waals surface area contributed by atoms with Crippen LogP contribution in [0.1, 0.15) is 26.2 Å². The summed E-state index contributed by atoms with van der Waals surface area (Å²) in [5.41, 5.74) is 0.0247. The van der Waals surface area contributed by atoms with Crippen LogP contribution < -0.4 is 10.6 Å². The number of hydrogen-bond acceptors (Lipinski definition) is 5. The summed E-state index contributed by atoms with van der Waals surface area (Å²) in [6, 6.07) is 3.29. The van der Waals surface area contributed by atoms with Crippen molar-refractivity contribution in [2.75, 3.05) is 17.7 Å². The second-order valence-corrected chi connectivity index (χ2v) is 4.80. The summed E-state index contributed by atoms with van der Waals surface area (Å²) in [7, 11) is 1.74. The SMILES string of the molecule is CNc1ccc([N+](=O)[O-])c(NC(C)CC2CC2)n1. The highest BCUT2D eigenvalue weighted by Gasteiger charge is 2.25. The first-order chi connectivity index (χ1) is 8.60. The van der Waals surface area contributed by atoms with Gasteiger partial charge in [0.2, 0.25) is 5.82 Å². The first-order valence-electron chi connectivity index (χ1n) is 6.20. The Morgan fingerprint density at radius 3 is 2.83 bits per heavy atom. The second-order valence-electron chi connectivity index (χ2n) is 4.80. The lowest BCUT2D eigenvalue weighted by molar-refractivity contribution is -0.384.